The lowest BCUT2D eigenvalue weighted by atomic mass is 10.2. The van der Waals surface area contributed by atoms with Gasteiger partial charge in [0, 0.05) is 18.6 Å². The molecule has 0 saturated heterocycles. The Morgan fingerprint density at radius 1 is 1.03 bits per heavy atom. The molecule has 0 bridgehead atoms. The first-order valence-electron chi connectivity index (χ1n) is 8.34. The molecule has 2 N–H and O–H groups in total. The number of nitrogens with zero attached hydrogens (tertiary/aromatic N) is 2. The minimum atomic E-state index is -3.74. The van der Waals surface area contributed by atoms with E-state index in [0.717, 1.165) is 0 Å². The Morgan fingerprint density at radius 2 is 1.72 bits per heavy atom. The molecule has 1 heterocycles. The zero-order valence-corrected chi connectivity index (χ0v) is 16.2. The lowest BCUT2D eigenvalue weighted by Gasteiger charge is -2.09. The fourth-order valence-electron chi connectivity index (χ4n) is 2.37. The highest BCUT2D eigenvalue weighted by Crippen LogP contribution is 2.28. The summed E-state index contributed by atoms with van der Waals surface area (Å²) in [6, 6.07) is 13.9. The highest BCUT2D eigenvalue weighted by molar-refractivity contribution is 7.89. The Bertz CT molecular complexity index is 1140. The molecule has 8 nitrogen and oxygen atoms in total. The van der Waals surface area contributed by atoms with Gasteiger partial charge in [0.25, 0.3) is 0 Å². The number of sulfonamides is 1. The van der Waals surface area contributed by atoms with Crippen molar-refractivity contribution < 1.29 is 22.7 Å². The summed E-state index contributed by atoms with van der Waals surface area (Å²) < 4.78 is 33.2. The van der Waals surface area contributed by atoms with E-state index in [9.17, 15) is 13.2 Å². The lowest BCUT2D eigenvalue weighted by molar-refractivity contribution is 0.0729. The number of pyridine rings is 1. The van der Waals surface area contributed by atoms with E-state index in [1.54, 1.807) is 48.7 Å². The molecule has 2 aromatic carbocycles. The van der Waals surface area contributed by atoms with Crippen molar-refractivity contribution in [2.75, 3.05) is 7.11 Å². The van der Waals surface area contributed by atoms with E-state index < -0.39 is 16.0 Å². The Labute approximate surface area is 167 Å². The van der Waals surface area contributed by atoms with Gasteiger partial charge in [0.05, 0.1) is 23.3 Å². The van der Waals surface area contributed by atoms with E-state index in [0.29, 0.717) is 22.6 Å². The number of primary sulfonamides is 1. The summed E-state index contributed by atoms with van der Waals surface area (Å²) in [4.78, 5) is 20.3. The van der Waals surface area contributed by atoms with Crippen molar-refractivity contribution in [2.45, 2.75) is 4.90 Å². The van der Waals surface area contributed by atoms with Crippen molar-refractivity contribution in [3.63, 3.8) is 0 Å². The molecule has 29 heavy (non-hydrogen) atoms. The van der Waals surface area contributed by atoms with Gasteiger partial charge in [-0.1, -0.05) is 0 Å². The minimum absolute atomic E-state index is 0.0125. The van der Waals surface area contributed by atoms with Crippen LogP contribution in [0.3, 0.4) is 0 Å². The van der Waals surface area contributed by atoms with Gasteiger partial charge in [-0.05, 0) is 60.2 Å². The summed E-state index contributed by atoms with van der Waals surface area (Å²) in [7, 11) is -2.28. The molecule has 0 aliphatic carbocycles. The molecular formula is C20H17N3O5S. The third-order valence-electron chi connectivity index (χ3n) is 3.83. The van der Waals surface area contributed by atoms with Gasteiger partial charge in [0.15, 0.2) is 11.5 Å². The average Bonchev–Trinajstić information content (AvgIpc) is 2.73. The van der Waals surface area contributed by atoms with Gasteiger partial charge in [-0.2, -0.15) is 0 Å². The van der Waals surface area contributed by atoms with Crippen LogP contribution in [-0.4, -0.2) is 32.7 Å². The van der Waals surface area contributed by atoms with Crippen LogP contribution in [0.15, 0.2) is 76.9 Å². The maximum Gasteiger partial charge on any atom is 0.343 e. The first-order valence-corrected chi connectivity index (χ1v) is 9.88. The van der Waals surface area contributed by atoms with Gasteiger partial charge in [-0.25, -0.2) is 18.4 Å². The summed E-state index contributed by atoms with van der Waals surface area (Å²) in [6.07, 6.45) is 4.58. The monoisotopic (exact) mass is 411 g/mol. The largest absolute Gasteiger partial charge is 0.493 e. The summed E-state index contributed by atoms with van der Waals surface area (Å²) >= 11 is 0. The summed E-state index contributed by atoms with van der Waals surface area (Å²) in [5.74, 6) is 0.104. The van der Waals surface area contributed by atoms with Gasteiger partial charge in [0.2, 0.25) is 10.0 Å². The number of carbonyl (C=O) groups excluding carboxylic acids is 1. The van der Waals surface area contributed by atoms with Gasteiger partial charge in [0.1, 0.15) is 0 Å². The molecule has 3 aromatic rings. The maximum absolute atomic E-state index is 12.2. The number of hydrogen-bond donors (Lipinski definition) is 1. The van der Waals surface area contributed by atoms with Crippen LogP contribution in [0.25, 0.3) is 0 Å². The predicted octanol–water partition coefficient (Wildman–Crippen LogP) is 2.71. The standard InChI is InChI=1S/C20H17N3O5S/c1-27-19-12-14(13-23-16-3-5-17(6-4-16)29(21,25)26)2-7-18(19)28-20(24)15-8-10-22-11-9-15/h2-13H,1H3,(H2,21,25,26). The SMILES string of the molecule is COc1cc(C=Nc2ccc(S(N)(=O)=O)cc2)ccc1OC(=O)c1ccncc1. The predicted molar refractivity (Wildman–Crippen MR) is 107 cm³/mol. The molecule has 0 aliphatic heterocycles. The highest BCUT2D eigenvalue weighted by Gasteiger charge is 2.12. The van der Waals surface area contributed by atoms with Crippen molar-refractivity contribution in [1.29, 1.82) is 0 Å². The van der Waals surface area contributed by atoms with Crippen LogP contribution in [-0.2, 0) is 10.0 Å². The van der Waals surface area contributed by atoms with E-state index in [4.69, 9.17) is 14.6 Å². The van der Waals surface area contributed by atoms with Gasteiger partial charge in [-0.3, -0.25) is 9.98 Å². The van der Waals surface area contributed by atoms with E-state index in [1.165, 1.54) is 31.6 Å². The van der Waals surface area contributed by atoms with Gasteiger partial charge >= 0.3 is 5.97 Å². The molecule has 0 saturated carbocycles. The van der Waals surface area contributed by atoms with Crippen LogP contribution in [0.4, 0.5) is 5.69 Å². The van der Waals surface area contributed by atoms with Crippen LogP contribution in [0, 0.1) is 0 Å². The average molecular weight is 411 g/mol. The molecule has 0 amide bonds. The fraction of sp³-hybridized carbons (Fsp3) is 0.0500. The Kier molecular flexibility index (Phi) is 6.01. The van der Waals surface area contributed by atoms with E-state index in [2.05, 4.69) is 9.98 Å². The third kappa shape index (κ3) is 5.24. The maximum atomic E-state index is 12.2. The number of hydrogen-bond acceptors (Lipinski definition) is 7. The number of esters is 1. The number of rotatable bonds is 6. The number of aromatic nitrogens is 1. The molecule has 0 aliphatic rings. The smallest absolute Gasteiger partial charge is 0.343 e. The van der Waals surface area contributed by atoms with Crippen LogP contribution < -0.4 is 14.6 Å². The first kappa shape index (κ1) is 20.2. The molecule has 0 atom stereocenters. The Morgan fingerprint density at radius 3 is 2.34 bits per heavy atom. The molecule has 0 radical (unpaired) electrons. The molecule has 1 aromatic heterocycles. The zero-order chi connectivity index (χ0) is 20.9. The number of benzene rings is 2. The summed E-state index contributed by atoms with van der Waals surface area (Å²) in [5.41, 5.74) is 1.61. The van der Waals surface area contributed by atoms with Crippen LogP contribution in [0.2, 0.25) is 0 Å². The second-order valence-electron chi connectivity index (χ2n) is 5.83. The second kappa shape index (κ2) is 8.63. The van der Waals surface area contributed by atoms with Crippen molar-refractivity contribution in [2.24, 2.45) is 10.1 Å². The number of ether oxygens (including phenoxy) is 2. The van der Waals surface area contributed by atoms with Crippen LogP contribution >= 0.6 is 0 Å². The fourth-order valence-corrected chi connectivity index (χ4v) is 2.88. The Hall–Kier alpha value is -3.56. The first-order chi connectivity index (χ1) is 13.9. The quantitative estimate of drug-likeness (QED) is 0.378. The number of aliphatic imine (C=N–C) groups is 1. The molecule has 0 unspecified atom stereocenters. The molecule has 148 valence electrons. The van der Waals surface area contributed by atoms with Crippen molar-refractivity contribution in [1.82, 2.24) is 4.98 Å². The zero-order valence-electron chi connectivity index (χ0n) is 15.3. The van der Waals surface area contributed by atoms with Crippen LogP contribution in [0.5, 0.6) is 11.5 Å². The Balaban J connectivity index is 1.76. The van der Waals surface area contributed by atoms with E-state index >= 15 is 0 Å². The molecule has 0 spiro atoms. The number of carbonyl (C=O) groups is 1. The third-order valence-corrected chi connectivity index (χ3v) is 4.76. The van der Waals surface area contributed by atoms with Gasteiger partial charge < -0.3 is 9.47 Å². The highest BCUT2D eigenvalue weighted by atomic mass is 32.2. The molecular weight excluding hydrogens is 394 g/mol. The van der Waals surface area contributed by atoms with E-state index in [1.807, 2.05) is 0 Å². The van der Waals surface area contributed by atoms with Gasteiger partial charge in [-0.15, -0.1) is 0 Å². The number of nitrogens with two attached hydrogens (primary N) is 1. The van der Waals surface area contributed by atoms with E-state index in [-0.39, 0.29) is 10.6 Å². The number of methoxy groups -OCH3 is 1. The molecule has 0 fully saturated rings. The second-order valence-corrected chi connectivity index (χ2v) is 7.39. The summed E-state index contributed by atoms with van der Waals surface area (Å²) in [5, 5.41) is 5.07. The van der Waals surface area contributed by atoms with Crippen molar-refractivity contribution >= 4 is 27.9 Å². The normalized spacial score (nSPS) is 11.4. The van der Waals surface area contributed by atoms with Crippen LogP contribution in [0.1, 0.15) is 15.9 Å². The van der Waals surface area contributed by atoms with Crippen molar-refractivity contribution in [3.05, 3.63) is 78.1 Å². The van der Waals surface area contributed by atoms with Crippen molar-refractivity contribution in [3.8, 4) is 11.5 Å². The summed E-state index contributed by atoms with van der Waals surface area (Å²) in [6.45, 7) is 0. The molecule has 3 rings (SSSR count). The molecule has 9 heteroatoms. The topological polar surface area (TPSA) is 121 Å². The minimum Gasteiger partial charge on any atom is -0.493 e. The lowest BCUT2D eigenvalue weighted by Crippen LogP contribution is -2.11.